The molecule has 0 saturated carbocycles. The molecule has 56 heavy (non-hydrogen) atoms. The number of nitrogens with zero attached hydrogens (tertiary/aromatic N) is 3. The number of ether oxygens (including phenoxy) is 4. The highest BCUT2D eigenvalue weighted by molar-refractivity contribution is 5.93. The fourth-order valence-corrected chi connectivity index (χ4v) is 7.75. The first-order valence-corrected chi connectivity index (χ1v) is 19.0. The van der Waals surface area contributed by atoms with Crippen molar-refractivity contribution in [3.8, 4) is 22.6 Å². The number of hydrogen-bond donors (Lipinski definition) is 2. The van der Waals surface area contributed by atoms with Gasteiger partial charge in [0.25, 0.3) is 5.91 Å². The van der Waals surface area contributed by atoms with Crippen LogP contribution >= 0.6 is 0 Å². The zero-order chi connectivity index (χ0) is 38.6. The lowest BCUT2D eigenvalue weighted by Gasteiger charge is -2.43. The van der Waals surface area contributed by atoms with Gasteiger partial charge in [0.2, 0.25) is 0 Å². The third-order valence-electron chi connectivity index (χ3n) is 10.9. The maximum Gasteiger partial charge on any atom is 0.271 e. The van der Waals surface area contributed by atoms with Crippen LogP contribution in [0.25, 0.3) is 22.2 Å². The molecule has 4 atom stereocenters. The minimum absolute atomic E-state index is 0.0116. The van der Waals surface area contributed by atoms with Crippen LogP contribution in [0.15, 0.2) is 115 Å². The Morgan fingerprint density at radius 1 is 0.821 bits per heavy atom. The molecule has 8 rings (SSSR count). The van der Waals surface area contributed by atoms with Gasteiger partial charge in [-0.05, 0) is 81.8 Å². The number of nitrogens with one attached hydrogen (secondary N) is 1. The van der Waals surface area contributed by atoms with Gasteiger partial charge in [0.1, 0.15) is 5.69 Å². The fraction of sp³-hybridized carbons (Fsp3) is 0.283. The molecule has 6 aromatic rings. The summed E-state index contributed by atoms with van der Waals surface area (Å²) in [6, 6.07) is 36.2. The molecule has 0 spiro atoms. The molecule has 0 unspecified atom stereocenters. The normalized spacial score (nSPS) is 19.6. The minimum Gasteiger partial charge on any atom is -0.493 e. The first-order valence-electron chi connectivity index (χ1n) is 19.0. The maximum absolute atomic E-state index is 13.0. The second-order valence-corrected chi connectivity index (χ2v) is 14.5. The quantitative estimate of drug-likeness (QED) is 0.138. The zero-order valence-corrected chi connectivity index (χ0v) is 31.9. The van der Waals surface area contributed by atoms with Crippen molar-refractivity contribution in [2.24, 2.45) is 5.92 Å². The Balaban J connectivity index is 1.01. The van der Waals surface area contributed by atoms with Crippen molar-refractivity contribution in [3.63, 3.8) is 0 Å². The van der Waals surface area contributed by atoms with Crippen molar-refractivity contribution < 1.29 is 28.8 Å². The summed E-state index contributed by atoms with van der Waals surface area (Å²) >= 11 is 0. The average molecular weight is 751 g/mol. The summed E-state index contributed by atoms with van der Waals surface area (Å²) in [6.07, 6.45) is 1.46. The van der Waals surface area contributed by atoms with Crippen LogP contribution in [-0.4, -0.2) is 59.3 Å². The third kappa shape index (κ3) is 8.01. The molecular weight excluding hydrogens is 705 g/mol. The van der Waals surface area contributed by atoms with Gasteiger partial charge in [-0.15, -0.1) is 0 Å². The van der Waals surface area contributed by atoms with E-state index < -0.39 is 6.29 Å². The van der Waals surface area contributed by atoms with Crippen LogP contribution in [0.5, 0.6) is 11.5 Å². The predicted octanol–water partition coefficient (Wildman–Crippen LogP) is 7.59. The van der Waals surface area contributed by atoms with Crippen molar-refractivity contribution in [3.05, 3.63) is 154 Å². The van der Waals surface area contributed by atoms with Gasteiger partial charge in [0, 0.05) is 37.7 Å². The Kier molecular flexibility index (Phi) is 11.1. The van der Waals surface area contributed by atoms with E-state index in [1.54, 1.807) is 14.2 Å². The number of para-hydroxylation sites is 2. The van der Waals surface area contributed by atoms with Gasteiger partial charge in [-0.3, -0.25) is 14.7 Å². The molecule has 0 radical (unpaired) electrons. The van der Waals surface area contributed by atoms with Crippen molar-refractivity contribution in [2.45, 2.75) is 51.5 Å². The number of rotatable bonds is 11. The number of benzene rings is 5. The number of aliphatic hydroxyl groups excluding tert-OH is 1. The van der Waals surface area contributed by atoms with E-state index in [4.69, 9.17) is 18.9 Å². The van der Waals surface area contributed by atoms with Gasteiger partial charge in [-0.2, -0.15) is 0 Å². The summed E-state index contributed by atoms with van der Waals surface area (Å²) in [5.74, 6) is 1.27. The van der Waals surface area contributed by atoms with Gasteiger partial charge in [-0.1, -0.05) is 79.7 Å². The van der Waals surface area contributed by atoms with Crippen LogP contribution in [0.1, 0.15) is 63.2 Å². The van der Waals surface area contributed by atoms with Crippen LogP contribution < -0.4 is 14.8 Å². The van der Waals surface area contributed by atoms with E-state index in [0.29, 0.717) is 12.1 Å². The van der Waals surface area contributed by atoms with E-state index in [2.05, 4.69) is 81.7 Å². The Morgan fingerprint density at radius 2 is 1.55 bits per heavy atom. The average Bonchev–Trinajstić information content (AvgIpc) is 3.25. The molecule has 2 N–H and O–H groups in total. The smallest absolute Gasteiger partial charge is 0.271 e. The number of amides is 1. The first kappa shape index (κ1) is 37.3. The molecule has 0 bridgehead atoms. The first-order chi connectivity index (χ1) is 27.4. The highest BCUT2D eigenvalue weighted by Gasteiger charge is 2.39. The van der Waals surface area contributed by atoms with Crippen molar-refractivity contribution in [2.75, 3.05) is 27.3 Å². The second-order valence-electron chi connectivity index (χ2n) is 14.5. The summed E-state index contributed by atoms with van der Waals surface area (Å²) < 4.78 is 24.9. The monoisotopic (exact) mass is 750 g/mol. The van der Waals surface area contributed by atoms with E-state index in [0.717, 1.165) is 76.5 Å². The number of methoxy groups -OCH3 is 2. The molecule has 5 aromatic carbocycles. The maximum atomic E-state index is 13.0. The Hall–Kier alpha value is -5.65. The molecule has 0 aliphatic carbocycles. The lowest BCUT2D eigenvalue weighted by molar-refractivity contribution is -0.276. The molecule has 1 aromatic heterocycles. The predicted molar refractivity (Wildman–Crippen MR) is 214 cm³/mol. The Bertz CT molecular complexity index is 2330. The third-order valence-corrected chi connectivity index (χ3v) is 10.9. The summed E-state index contributed by atoms with van der Waals surface area (Å²) in [5.41, 5.74) is 10.0. The molecule has 10 heteroatoms. The van der Waals surface area contributed by atoms with Crippen molar-refractivity contribution >= 4 is 16.9 Å². The molecular formula is C46H46N4O6. The number of fused-ring (bicyclic) bond motifs is 2. The standard InChI is InChI=1S/C46H46N4O6/c1-29-43(27-50-19-18-35-22-41(53-2)42(54-3)23-37(35)26-50)55-46(56-44(29)32-16-14-30(28-51)15-17-32)36-11-7-10-34(21-36)33-9-6-8-31(20-33)24-48-45(52)40-25-47-38-12-4-5-13-39(38)49-40/h4-17,20-23,25,29,43-44,46,51H,18-19,24,26-28H2,1-3H3,(H,48,52)/t29-,43+,44+,46+/m1/s1. The highest BCUT2D eigenvalue weighted by Crippen LogP contribution is 2.43. The molecule has 2 aliphatic rings. The summed E-state index contributed by atoms with van der Waals surface area (Å²) in [5, 5.41) is 12.7. The summed E-state index contributed by atoms with van der Waals surface area (Å²) in [6.45, 7) is 4.95. The van der Waals surface area contributed by atoms with E-state index in [9.17, 15) is 9.90 Å². The van der Waals surface area contributed by atoms with Crippen LogP contribution in [0.3, 0.4) is 0 Å². The molecule has 10 nitrogen and oxygen atoms in total. The highest BCUT2D eigenvalue weighted by atomic mass is 16.7. The van der Waals surface area contributed by atoms with Crippen LogP contribution in [0.2, 0.25) is 0 Å². The molecule has 2 aliphatic heterocycles. The topological polar surface area (TPSA) is 115 Å². The second kappa shape index (κ2) is 16.6. The number of aromatic nitrogens is 2. The van der Waals surface area contributed by atoms with Crippen LogP contribution in [0, 0.1) is 5.92 Å². The molecule has 1 fully saturated rings. The molecule has 286 valence electrons. The lowest BCUT2D eigenvalue weighted by atomic mass is 9.89. The van der Waals surface area contributed by atoms with Crippen molar-refractivity contribution in [1.29, 1.82) is 0 Å². The number of aliphatic hydroxyl groups is 1. The molecule has 1 saturated heterocycles. The van der Waals surface area contributed by atoms with E-state index in [1.807, 2.05) is 54.6 Å². The number of hydrogen-bond acceptors (Lipinski definition) is 9. The minimum atomic E-state index is -0.606. The zero-order valence-electron chi connectivity index (χ0n) is 31.9. The van der Waals surface area contributed by atoms with E-state index >= 15 is 0 Å². The van der Waals surface area contributed by atoms with Crippen LogP contribution in [0.4, 0.5) is 0 Å². The van der Waals surface area contributed by atoms with Gasteiger partial charge in [0.15, 0.2) is 17.8 Å². The summed E-state index contributed by atoms with van der Waals surface area (Å²) in [7, 11) is 3.35. The fourth-order valence-electron chi connectivity index (χ4n) is 7.75. The Morgan fingerprint density at radius 3 is 2.32 bits per heavy atom. The van der Waals surface area contributed by atoms with Gasteiger partial charge < -0.3 is 29.4 Å². The van der Waals surface area contributed by atoms with Gasteiger partial charge in [0.05, 0.1) is 50.3 Å². The largest absolute Gasteiger partial charge is 0.493 e. The van der Waals surface area contributed by atoms with Crippen LogP contribution in [-0.2, 0) is 35.6 Å². The van der Waals surface area contributed by atoms with E-state index in [1.165, 1.54) is 17.3 Å². The molecule has 1 amide bonds. The lowest BCUT2D eigenvalue weighted by Crippen LogP contribution is -2.45. The van der Waals surface area contributed by atoms with E-state index in [-0.39, 0.29) is 36.3 Å². The van der Waals surface area contributed by atoms with Crippen molar-refractivity contribution in [1.82, 2.24) is 20.2 Å². The van der Waals surface area contributed by atoms with Gasteiger partial charge >= 0.3 is 0 Å². The SMILES string of the molecule is COc1cc2c(cc1OC)CN(C[C@@H]1O[C@H](c3cccc(-c4cccc(CNC(=O)c5cnc6ccccc6n5)c4)c3)O[C@H](c3ccc(CO)cc3)[C@@H]1C)CC2. The molecule has 3 heterocycles. The number of carbonyl (C=O) groups excluding carboxylic acids is 1. The van der Waals surface area contributed by atoms with Gasteiger partial charge in [-0.25, -0.2) is 4.98 Å². The number of carbonyl (C=O) groups is 1. The Labute approximate surface area is 327 Å². The summed E-state index contributed by atoms with van der Waals surface area (Å²) in [4.78, 5) is 24.3.